The van der Waals surface area contributed by atoms with Gasteiger partial charge in [-0.05, 0) is 37.5 Å². The third kappa shape index (κ3) is 4.48. The van der Waals surface area contributed by atoms with Crippen LogP contribution in [0.25, 0.3) is 0 Å². The van der Waals surface area contributed by atoms with E-state index in [1.54, 1.807) is 0 Å². The van der Waals surface area contributed by atoms with E-state index in [9.17, 15) is 9.18 Å². The molecule has 1 rings (SSSR count). The van der Waals surface area contributed by atoms with E-state index >= 15 is 0 Å². The Morgan fingerprint density at radius 2 is 2.16 bits per heavy atom. The fourth-order valence-electron chi connectivity index (χ4n) is 2.10. The smallest absolute Gasteiger partial charge is 0.254 e. The molecule has 0 bridgehead atoms. The molecule has 1 amide bonds. The third-order valence-electron chi connectivity index (χ3n) is 2.90. The quantitative estimate of drug-likeness (QED) is 0.874. The summed E-state index contributed by atoms with van der Waals surface area (Å²) in [6.45, 7) is 6.25. The zero-order valence-corrected chi connectivity index (χ0v) is 12.2. The van der Waals surface area contributed by atoms with E-state index < -0.39 is 17.3 Å². The lowest BCUT2D eigenvalue weighted by atomic mass is 9.90. The van der Waals surface area contributed by atoms with Gasteiger partial charge in [0.2, 0.25) is 0 Å². The third-order valence-corrected chi connectivity index (χ3v) is 3.14. The van der Waals surface area contributed by atoms with Crippen molar-refractivity contribution in [3.63, 3.8) is 0 Å². The Morgan fingerprint density at radius 1 is 1.53 bits per heavy atom. The maximum Gasteiger partial charge on any atom is 0.254 e. The molecule has 1 atom stereocenters. The maximum atomic E-state index is 13.7. The molecule has 0 aliphatic heterocycles. The Morgan fingerprint density at radius 3 is 2.63 bits per heavy atom. The van der Waals surface area contributed by atoms with Crippen molar-refractivity contribution in [2.75, 3.05) is 6.54 Å². The molecule has 0 aliphatic carbocycles. The first kappa shape index (κ1) is 15.9. The molecule has 0 saturated heterocycles. The number of halogens is 2. The molecule has 0 spiro atoms. The predicted octanol–water partition coefficient (Wildman–Crippen LogP) is 2.97. The van der Waals surface area contributed by atoms with Crippen LogP contribution in [0.1, 0.15) is 37.6 Å². The molecule has 0 aliphatic rings. The summed E-state index contributed by atoms with van der Waals surface area (Å²) in [5.74, 6) is -0.722. The summed E-state index contributed by atoms with van der Waals surface area (Å²) in [6.07, 6.45) is 0.727. The highest BCUT2D eigenvalue weighted by atomic mass is 35.5. The van der Waals surface area contributed by atoms with Crippen LogP contribution >= 0.6 is 11.6 Å². The molecule has 0 aromatic heterocycles. The lowest BCUT2D eigenvalue weighted by Gasteiger charge is -2.31. The largest absolute Gasteiger partial charge is 0.346 e. The standard InChI is InChI=1S/C14H20ClFN2O/c1-9(2)7-14(3,8-17)18-13(19)11-5-4-10(15)6-12(11)16/h4-6,9H,7-8,17H2,1-3H3,(H,18,19). The molecule has 106 valence electrons. The van der Waals surface area contributed by atoms with Crippen molar-refractivity contribution in [2.24, 2.45) is 11.7 Å². The summed E-state index contributed by atoms with van der Waals surface area (Å²) in [4.78, 5) is 12.1. The van der Waals surface area contributed by atoms with E-state index in [0.717, 1.165) is 12.5 Å². The molecule has 19 heavy (non-hydrogen) atoms. The minimum atomic E-state index is -0.631. The minimum absolute atomic E-state index is 0.0205. The highest BCUT2D eigenvalue weighted by Gasteiger charge is 2.27. The van der Waals surface area contributed by atoms with Crippen molar-refractivity contribution in [3.8, 4) is 0 Å². The van der Waals surface area contributed by atoms with Gasteiger partial charge in [-0.15, -0.1) is 0 Å². The Hall–Kier alpha value is -1.13. The highest BCUT2D eigenvalue weighted by Crippen LogP contribution is 2.18. The Kier molecular flexibility index (Phi) is 5.32. The molecule has 0 saturated carbocycles. The van der Waals surface area contributed by atoms with E-state index in [1.165, 1.54) is 12.1 Å². The number of hydrogen-bond donors (Lipinski definition) is 2. The zero-order valence-electron chi connectivity index (χ0n) is 11.5. The minimum Gasteiger partial charge on any atom is -0.346 e. The fourth-order valence-corrected chi connectivity index (χ4v) is 2.26. The van der Waals surface area contributed by atoms with Crippen LogP contribution in [0.15, 0.2) is 18.2 Å². The number of nitrogens with two attached hydrogens (primary N) is 1. The van der Waals surface area contributed by atoms with Crippen LogP contribution < -0.4 is 11.1 Å². The van der Waals surface area contributed by atoms with Crippen molar-refractivity contribution in [3.05, 3.63) is 34.6 Å². The van der Waals surface area contributed by atoms with Gasteiger partial charge >= 0.3 is 0 Å². The number of carbonyl (C=O) groups is 1. The fraction of sp³-hybridized carbons (Fsp3) is 0.500. The van der Waals surface area contributed by atoms with Crippen LogP contribution in [-0.2, 0) is 0 Å². The molecule has 0 radical (unpaired) electrons. The van der Waals surface area contributed by atoms with Gasteiger partial charge in [0.15, 0.2) is 0 Å². The van der Waals surface area contributed by atoms with E-state index in [0.29, 0.717) is 12.5 Å². The van der Waals surface area contributed by atoms with Crippen molar-refractivity contribution in [1.82, 2.24) is 5.32 Å². The average molecular weight is 287 g/mol. The molecular formula is C14H20ClFN2O. The van der Waals surface area contributed by atoms with Gasteiger partial charge in [-0.25, -0.2) is 4.39 Å². The van der Waals surface area contributed by atoms with Crippen molar-refractivity contribution in [1.29, 1.82) is 0 Å². The highest BCUT2D eigenvalue weighted by molar-refractivity contribution is 6.30. The summed E-state index contributed by atoms with van der Waals surface area (Å²) < 4.78 is 13.7. The number of carbonyl (C=O) groups excluding carboxylic acids is 1. The summed E-state index contributed by atoms with van der Waals surface area (Å²) in [7, 11) is 0. The van der Waals surface area contributed by atoms with Crippen molar-refractivity contribution in [2.45, 2.75) is 32.7 Å². The monoisotopic (exact) mass is 286 g/mol. The molecule has 1 aromatic rings. The second-order valence-electron chi connectivity index (χ2n) is 5.44. The average Bonchev–Trinajstić information content (AvgIpc) is 2.27. The van der Waals surface area contributed by atoms with Gasteiger partial charge in [-0.2, -0.15) is 0 Å². The number of amides is 1. The molecule has 1 aromatic carbocycles. The summed E-state index contributed by atoms with van der Waals surface area (Å²) >= 11 is 5.66. The molecule has 3 N–H and O–H groups in total. The van der Waals surface area contributed by atoms with E-state index in [2.05, 4.69) is 5.32 Å². The SMILES string of the molecule is CC(C)CC(C)(CN)NC(=O)c1ccc(Cl)cc1F. The topological polar surface area (TPSA) is 55.1 Å². The first-order valence-corrected chi connectivity index (χ1v) is 6.63. The molecular weight excluding hydrogens is 267 g/mol. The molecule has 3 nitrogen and oxygen atoms in total. The van der Waals surface area contributed by atoms with E-state index in [-0.39, 0.29) is 10.6 Å². The van der Waals surface area contributed by atoms with Crippen LogP contribution in [-0.4, -0.2) is 18.0 Å². The van der Waals surface area contributed by atoms with Gasteiger partial charge in [0.25, 0.3) is 5.91 Å². The predicted molar refractivity (Wildman–Crippen MR) is 75.8 cm³/mol. The normalized spacial score (nSPS) is 14.3. The number of rotatable bonds is 5. The Labute approximate surface area is 118 Å². The molecule has 0 fully saturated rings. The Balaban J connectivity index is 2.88. The van der Waals surface area contributed by atoms with Crippen LogP contribution in [0.2, 0.25) is 5.02 Å². The van der Waals surface area contributed by atoms with Gasteiger partial charge < -0.3 is 11.1 Å². The van der Waals surface area contributed by atoms with Gasteiger partial charge in [-0.1, -0.05) is 25.4 Å². The van der Waals surface area contributed by atoms with Crippen molar-refractivity contribution >= 4 is 17.5 Å². The molecule has 0 heterocycles. The summed E-state index contributed by atoms with van der Waals surface area (Å²) in [5, 5.41) is 3.07. The van der Waals surface area contributed by atoms with Crippen LogP contribution in [0.4, 0.5) is 4.39 Å². The molecule has 5 heteroatoms. The maximum absolute atomic E-state index is 13.7. The van der Waals surface area contributed by atoms with Gasteiger partial charge in [-0.3, -0.25) is 4.79 Å². The van der Waals surface area contributed by atoms with E-state index in [4.69, 9.17) is 17.3 Å². The van der Waals surface area contributed by atoms with Crippen LogP contribution in [0, 0.1) is 11.7 Å². The Bertz CT molecular complexity index is 465. The number of hydrogen-bond acceptors (Lipinski definition) is 2. The van der Waals surface area contributed by atoms with Gasteiger partial charge in [0.05, 0.1) is 5.56 Å². The van der Waals surface area contributed by atoms with Gasteiger partial charge in [0, 0.05) is 17.1 Å². The van der Waals surface area contributed by atoms with E-state index in [1.807, 2.05) is 20.8 Å². The molecule has 1 unspecified atom stereocenters. The lowest BCUT2D eigenvalue weighted by Crippen LogP contribution is -2.52. The first-order chi connectivity index (χ1) is 8.77. The second-order valence-corrected chi connectivity index (χ2v) is 5.88. The van der Waals surface area contributed by atoms with Crippen molar-refractivity contribution < 1.29 is 9.18 Å². The summed E-state index contributed by atoms with van der Waals surface area (Å²) in [6, 6.07) is 3.99. The van der Waals surface area contributed by atoms with Crippen LogP contribution in [0.3, 0.4) is 0 Å². The van der Waals surface area contributed by atoms with Gasteiger partial charge in [0.1, 0.15) is 5.82 Å². The van der Waals surface area contributed by atoms with Crippen LogP contribution in [0.5, 0.6) is 0 Å². The summed E-state index contributed by atoms with van der Waals surface area (Å²) in [5.41, 5.74) is 5.15. The number of nitrogens with one attached hydrogen (secondary N) is 1. The lowest BCUT2D eigenvalue weighted by molar-refractivity contribution is 0.0894. The first-order valence-electron chi connectivity index (χ1n) is 6.25. The zero-order chi connectivity index (χ0) is 14.6. The second kappa shape index (κ2) is 6.35. The number of benzene rings is 1.